The Bertz CT molecular complexity index is 1110. The van der Waals surface area contributed by atoms with Crippen LogP contribution >= 0.6 is 11.8 Å². The molecular formula is C21H20F3N3O5S. The normalized spacial score (nSPS) is 25.2. The van der Waals surface area contributed by atoms with Gasteiger partial charge in [-0.2, -0.15) is 0 Å². The van der Waals surface area contributed by atoms with Crippen molar-refractivity contribution in [3.63, 3.8) is 0 Å². The van der Waals surface area contributed by atoms with E-state index in [4.69, 9.17) is 9.47 Å². The molecule has 0 bridgehead atoms. The number of aromatic nitrogens is 3. The van der Waals surface area contributed by atoms with Gasteiger partial charge in [0, 0.05) is 10.5 Å². The van der Waals surface area contributed by atoms with Crippen LogP contribution in [0.3, 0.4) is 0 Å². The van der Waals surface area contributed by atoms with Crippen molar-refractivity contribution in [1.29, 1.82) is 0 Å². The summed E-state index contributed by atoms with van der Waals surface area (Å²) in [7, 11) is 1.52. The van der Waals surface area contributed by atoms with Gasteiger partial charge in [-0.3, -0.25) is 0 Å². The molecular weight excluding hydrogens is 463 g/mol. The fourth-order valence-corrected chi connectivity index (χ4v) is 4.65. The maximum absolute atomic E-state index is 13.6. The molecule has 8 nitrogen and oxygen atoms in total. The number of rotatable bonds is 6. The van der Waals surface area contributed by atoms with Crippen LogP contribution in [0, 0.1) is 17.5 Å². The Balaban J connectivity index is 1.63. The van der Waals surface area contributed by atoms with E-state index in [9.17, 15) is 28.5 Å². The van der Waals surface area contributed by atoms with Gasteiger partial charge in [0.05, 0.1) is 19.9 Å². The molecule has 1 saturated heterocycles. The van der Waals surface area contributed by atoms with Crippen molar-refractivity contribution in [2.75, 3.05) is 13.7 Å². The van der Waals surface area contributed by atoms with Gasteiger partial charge in [-0.15, -0.1) is 5.10 Å². The number of halogens is 3. The van der Waals surface area contributed by atoms with Crippen LogP contribution in [0.5, 0.6) is 5.75 Å². The second-order valence-corrected chi connectivity index (χ2v) is 8.50. The van der Waals surface area contributed by atoms with Crippen molar-refractivity contribution in [2.45, 2.75) is 34.7 Å². The molecule has 0 amide bonds. The van der Waals surface area contributed by atoms with E-state index in [1.807, 2.05) is 0 Å². The van der Waals surface area contributed by atoms with Crippen LogP contribution in [0.25, 0.3) is 11.3 Å². The molecule has 0 saturated carbocycles. The fraction of sp³-hybridized carbons (Fsp3) is 0.333. The van der Waals surface area contributed by atoms with Gasteiger partial charge in [0.1, 0.15) is 41.2 Å². The Kier molecular flexibility index (Phi) is 6.91. The maximum Gasteiger partial charge on any atom is 0.194 e. The number of thioether (sulfide) groups is 1. The summed E-state index contributed by atoms with van der Waals surface area (Å²) >= 11 is 1.15. The second kappa shape index (κ2) is 9.69. The standard InChI is InChI=1S/C21H20F3N3O5S/c1-31-11-3-2-4-12(7-11)33-21-20(30)18(19(29)16(9-28)32-21)27-8-15(25-26-27)10-5-13(22)17(24)14(23)6-10/h2-8,16,18-21,28-30H,9H2,1H3/t16-,18+,19+,20-,21+/m1/s1. The third-order valence-electron chi connectivity index (χ3n) is 5.24. The number of benzene rings is 2. The van der Waals surface area contributed by atoms with Gasteiger partial charge in [0.2, 0.25) is 0 Å². The monoisotopic (exact) mass is 483 g/mol. The number of aliphatic hydroxyl groups excluding tert-OH is 3. The van der Waals surface area contributed by atoms with E-state index in [1.54, 1.807) is 24.3 Å². The molecule has 0 unspecified atom stereocenters. The van der Waals surface area contributed by atoms with Crippen LogP contribution in [0.2, 0.25) is 0 Å². The smallest absolute Gasteiger partial charge is 0.194 e. The lowest BCUT2D eigenvalue weighted by Crippen LogP contribution is -2.55. The zero-order chi connectivity index (χ0) is 23.7. The Hall–Kier alpha value is -2.64. The largest absolute Gasteiger partial charge is 0.497 e. The first-order valence-electron chi connectivity index (χ1n) is 9.82. The highest BCUT2D eigenvalue weighted by atomic mass is 32.2. The average molecular weight is 483 g/mol. The van der Waals surface area contributed by atoms with Gasteiger partial charge in [0.25, 0.3) is 0 Å². The van der Waals surface area contributed by atoms with E-state index < -0.39 is 53.8 Å². The van der Waals surface area contributed by atoms with Crippen molar-refractivity contribution in [3.8, 4) is 17.0 Å². The molecule has 3 aromatic rings. The molecule has 2 aromatic carbocycles. The van der Waals surface area contributed by atoms with Crippen molar-refractivity contribution >= 4 is 11.8 Å². The highest BCUT2D eigenvalue weighted by Gasteiger charge is 2.46. The minimum atomic E-state index is -1.61. The summed E-state index contributed by atoms with van der Waals surface area (Å²) in [6.45, 7) is -0.532. The van der Waals surface area contributed by atoms with Crippen molar-refractivity contribution < 1.29 is 38.0 Å². The van der Waals surface area contributed by atoms with E-state index in [0.717, 1.165) is 28.6 Å². The summed E-state index contributed by atoms with van der Waals surface area (Å²) in [6.07, 6.45) is -2.47. The molecule has 5 atom stereocenters. The first-order valence-corrected chi connectivity index (χ1v) is 10.7. The van der Waals surface area contributed by atoms with E-state index in [1.165, 1.54) is 13.3 Å². The summed E-state index contributed by atoms with van der Waals surface area (Å²) < 4.78 is 52.5. The molecule has 0 spiro atoms. The van der Waals surface area contributed by atoms with Gasteiger partial charge in [-0.25, -0.2) is 17.9 Å². The molecule has 0 aliphatic carbocycles. The van der Waals surface area contributed by atoms with Crippen LogP contribution in [-0.2, 0) is 4.74 Å². The SMILES string of the molecule is COc1cccc(S[C@@H]2O[C@H](CO)[C@H](O)[C@H](n3cc(-c4cc(F)c(F)c(F)c4)nn3)[C@H]2O)c1. The fourth-order valence-electron chi connectivity index (χ4n) is 3.54. The summed E-state index contributed by atoms with van der Waals surface area (Å²) in [4.78, 5) is 0.710. The molecule has 4 rings (SSSR count). The Morgan fingerprint density at radius 1 is 1.12 bits per heavy atom. The number of hydrogen-bond donors (Lipinski definition) is 3. The molecule has 2 heterocycles. The molecule has 33 heavy (non-hydrogen) atoms. The topological polar surface area (TPSA) is 110 Å². The Morgan fingerprint density at radius 3 is 2.52 bits per heavy atom. The van der Waals surface area contributed by atoms with Gasteiger partial charge in [0.15, 0.2) is 17.5 Å². The van der Waals surface area contributed by atoms with Crippen LogP contribution in [-0.4, -0.2) is 67.8 Å². The van der Waals surface area contributed by atoms with Crippen molar-refractivity contribution in [3.05, 3.63) is 60.0 Å². The molecule has 0 radical (unpaired) electrons. The summed E-state index contributed by atoms with van der Waals surface area (Å²) in [6, 6.07) is 7.46. The lowest BCUT2D eigenvalue weighted by molar-refractivity contribution is -0.178. The third-order valence-corrected chi connectivity index (χ3v) is 6.39. The van der Waals surface area contributed by atoms with E-state index in [-0.39, 0.29) is 11.3 Å². The van der Waals surface area contributed by atoms with E-state index in [2.05, 4.69) is 10.3 Å². The summed E-state index contributed by atoms with van der Waals surface area (Å²) in [5.74, 6) is -3.79. The third kappa shape index (κ3) is 4.70. The molecule has 1 fully saturated rings. The highest BCUT2D eigenvalue weighted by molar-refractivity contribution is 7.99. The zero-order valence-electron chi connectivity index (χ0n) is 17.2. The summed E-state index contributed by atoms with van der Waals surface area (Å²) in [5, 5.41) is 39.1. The first-order chi connectivity index (χ1) is 15.8. The lowest BCUT2D eigenvalue weighted by Gasteiger charge is -2.41. The van der Waals surface area contributed by atoms with Crippen molar-refractivity contribution in [1.82, 2.24) is 15.0 Å². The van der Waals surface area contributed by atoms with Gasteiger partial charge < -0.3 is 24.8 Å². The predicted molar refractivity (Wildman–Crippen MR) is 111 cm³/mol. The van der Waals surface area contributed by atoms with Gasteiger partial charge in [-0.1, -0.05) is 23.0 Å². The van der Waals surface area contributed by atoms with Crippen LogP contribution in [0.4, 0.5) is 13.2 Å². The number of nitrogens with zero attached hydrogens (tertiary/aromatic N) is 3. The second-order valence-electron chi connectivity index (χ2n) is 7.33. The minimum absolute atomic E-state index is 0.00348. The highest BCUT2D eigenvalue weighted by Crippen LogP contribution is 2.39. The van der Waals surface area contributed by atoms with Crippen LogP contribution < -0.4 is 4.74 Å². The zero-order valence-corrected chi connectivity index (χ0v) is 18.0. The Labute approximate surface area is 190 Å². The molecule has 176 valence electrons. The van der Waals surface area contributed by atoms with Gasteiger partial charge >= 0.3 is 0 Å². The minimum Gasteiger partial charge on any atom is -0.497 e. The molecule has 12 heteroatoms. The Morgan fingerprint density at radius 2 is 1.85 bits per heavy atom. The number of hydrogen-bond acceptors (Lipinski definition) is 8. The number of methoxy groups -OCH3 is 1. The van der Waals surface area contributed by atoms with Crippen LogP contribution in [0.15, 0.2) is 47.5 Å². The predicted octanol–water partition coefficient (Wildman–Crippen LogP) is 2.14. The molecule has 3 N–H and O–H groups in total. The van der Waals surface area contributed by atoms with Crippen LogP contribution in [0.1, 0.15) is 6.04 Å². The number of aliphatic hydroxyl groups is 3. The first kappa shape index (κ1) is 23.5. The summed E-state index contributed by atoms with van der Waals surface area (Å²) in [5.41, 5.74) is -0.984. The van der Waals surface area contributed by atoms with Gasteiger partial charge in [-0.05, 0) is 30.3 Å². The maximum atomic E-state index is 13.6. The quantitative estimate of drug-likeness (QED) is 0.458. The molecule has 1 aliphatic heterocycles. The van der Waals surface area contributed by atoms with E-state index >= 15 is 0 Å². The molecule has 1 aliphatic rings. The van der Waals surface area contributed by atoms with Crippen molar-refractivity contribution in [2.24, 2.45) is 0 Å². The average Bonchev–Trinajstić information content (AvgIpc) is 3.29. The number of ether oxygens (including phenoxy) is 2. The molecule has 1 aromatic heterocycles. The lowest BCUT2D eigenvalue weighted by atomic mass is 9.97. The van der Waals surface area contributed by atoms with E-state index in [0.29, 0.717) is 10.6 Å².